The van der Waals surface area contributed by atoms with Crippen molar-refractivity contribution < 1.29 is 14.5 Å². The number of aryl methyl sites for hydroxylation is 1. The SMILES string of the molecule is Cc1cccc(OCC(=O)NN=Cc2cccn2-c2ccc([N+](=O)[O-])cc2)c1C. The summed E-state index contributed by atoms with van der Waals surface area (Å²) in [5.74, 6) is 0.284. The van der Waals surface area contributed by atoms with Crippen molar-refractivity contribution in [1.29, 1.82) is 0 Å². The largest absolute Gasteiger partial charge is 0.483 e. The molecule has 0 saturated carbocycles. The van der Waals surface area contributed by atoms with Crippen molar-refractivity contribution >= 4 is 17.8 Å². The highest BCUT2D eigenvalue weighted by Crippen LogP contribution is 2.20. The summed E-state index contributed by atoms with van der Waals surface area (Å²) in [7, 11) is 0. The molecule has 0 atom stereocenters. The summed E-state index contributed by atoms with van der Waals surface area (Å²) in [6.45, 7) is 3.77. The van der Waals surface area contributed by atoms with E-state index < -0.39 is 4.92 Å². The minimum absolute atomic E-state index is 0.0206. The van der Waals surface area contributed by atoms with E-state index in [9.17, 15) is 14.9 Å². The lowest BCUT2D eigenvalue weighted by molar-refractivity contribution is -0.384. The molecule has 0 unspecified atom stereocenters. The van der Waals surface area contributed by atoms with E-state index in [2.05, 4.69) is 10.5 Å². The summed E-state index contributed by atoms with van der Waals surface area (Å²) in [5, 5.41) is 14.7. The lowest BCUT2D eigenvalue weighted by Crippen LogP contribution is -2.25. The predicted octanol–water partition coefficient (Wildman–Crippen LogP) is 3.53. The van der Waals surface area contributed by atoms with Crippen LogP contribution in [0.2, 0.25) is 0 Å². The van der Waals surface area contributed by atoms with Crippen molar-refractivity contribution in [3.63, 3.8) is 0 Å². The molecule has 1 N–H and O–H groups in total. The molecular weight excluding hydrogens is 372 g/mol. The Morgan fingerprint density at radius 3 is 2.66 bits per heavy atom. The van der Waals surface area contributed by atoms with Crippen LogP contribution in [0, 0.1) is 24.0 Å². The van der Waals surface area contributed by atoms with Crippen LogP contribution >= 0.6 is 0 Å². The lowest BCUT2D eigenvalue weighted by Gasteiger charge is -2.09. The van der Waals surface area contributed by atoms with Gasteiger partial charge in [-0.15, -0.1) is 0 Å². The molecule has 148 valence electrons. The van der Waals surface area contributed by atoms with Crippen LogP contribution in [0.4, 0.5) is 5.69 Å². The Balaban J connectivity index is 1.59. The molecule has 0 radical (unpaired) electrons. The normalized spacial score (nSPS) is 10.8. The van der Waals surface area contributed by atoms with E-state index in [1.54, 1.807) is 22.9 Å². The molecule has 2 aromatic carbocycles. The van der Waals surface area contributed by atoms with Crippen LogP contribution in [0.3, 0.4) is 0 Å². The average Bonchev–Trinajstić information content (AvgIpc) is 3.17. The number of ether oxygens (including phenoxy) is 1. The third-order valence-electron chi connectivity index (χ3n) is 4.42. The number of amides is 1. The molecule has 0 aliphatic carbocycles. The fraction of sp³-hybridized carbons (Fsp3) is 0.143. The van der Waals surface area contributed by atoms with Gasteiger partial charge < -0.3 is 9.30 Å². The number of rotatable bonds is 7. The van der Waals surface area contributed by atoms with Crippen molar-refractivity contribution in [2.75, 3.05) is 6.61 Å². The number of nitro groups is 1. The Morgan fingerprint density at radius 2 is 1.93 bits per heavy atom. The number of aromatic nitrogens is 1. The summed E-state index contributed by atoms with van der Waals surface area (Å²) in [6, 6.07) is 15.4. The van der Waals surface area contributed by atoms with Crippen LogP contribution in [0.1, 0.15) is 16.8 Å². The Hall–Kier alpha value is -3.94. The zero-order chi connectivity index (χ0) is 20.8. The fourth-order valence-electron chi connectivity index (χ4n) is 2.70. The number of nitro benzene ring substituents is 1. The van der Waals surface area contributed by atoms with Crippen LogP contribution in [0.5, 0.6) is 5.75 Å². The predicted molar refractivity (Wildman–Crippen MR) is 110 cm³/mol. The van der Waals surface area contributed by atoms with Gasteiger partial charge in [0.2, 0.25) is 0 Å². The van der Waals surface area contributed by atoms with E-state index in [0.29, 0.717) is 11.4 Å². The van der Waals surface area contributed by atoms with Gasteiger partial charge in [-0.05, 0) is 55.3 Å². The van der Waals surface area contributed by atoms with Gasteiger partial charge in [0.15, 0.2) is 6.61 Å². The molecule has 8 nitrogen and oxygen atoms in total. The van der Waals surface area contributed by atoms with Crippen molar-refractivity contribution in [1.82, 2.24) is 9.99 Å². The number of hydrogen-bond donors (Lipinski definition) is 1. The fourth-order valence-corrected chi connectivity index (χ4v) is 2.70. The maximum absolute atomic E-state index is 12.0. The number of non-ortho nitro benzene ring substituents is 1. The van der Waals surface area contributed by atoms with Gasteiger partial charge in [-0.3, -0.25) is 14.9 Å². The molecule has 1 amide bonds. The van der Waals surface area contributed by atoms with E-state index in [4.69, 9.17) is 4.74 Å². The first-order valence-corrected chi connectivity index (χ1v) is 8.89. The van der Waals surface area contributed by atoms with Gasteiger partial charge in [0.1, 0.15) is 5.75 Å². The molecule has 0 saturated heterocycles. The van der Waals surface area contributed by atoms with Crippen LogP contribution in [0.15, 0.2) is 65.9 Å². The van der Waals surface area contributed by atoms with E-state index in [1.807, 2.05) is 44.2 Å². The third kappa shape index (κ3) is 4.86. The number of hydrazone groups is 1. The number of nitrogens with zero attached hydrogens (tertiary/aromatic N) is 3. The molecular formula is C21H20N4O4. The van der Waals surface area contributed by atoms with Crippen molar-refractivity contribution in [3.05, 3.63) is 87.7 Å². The second-order valence-electron chi connectivity index (χ2n) is 6.36. The van der Waals surface area contributed by atoms with E-state index in [1.165, 1.54) is 18.3 Å². The van der Waals surface area contributed by atoms with Gasteiger partial charge in [-0.25, -0.2) is 5.43 Å². The number of hydrogen-bond acceptors (Lipinski definition) is 5. The minimum Gasteiger partial charge on any atom is -0.483 e. The summed E-state index contributed by atoms with van der Waals surface area (Å²) in [5.41, 5.74) is 5.98. The molecule has 3 aromatic rings. The third-order valence-corrected chi connectivity index (χ3v) is 4.42. The van der Waals surface area contributed by atoms with Gasteiger partial charge >= 0.3 is 0 Å². The summed E-state index contributed by atoms with van der Waals surface area (Å²) in [4.78, 5) is 22.3. The average molecular weight is 392 g/mol. The highest BCUT2D eigenvalue weighted by molar-refractivity contribution is 5.82. The van der Waals surface area contributed by atoms with E-state index in [-0.39, 0.29) is 18.2 Å². The van der Waals surface area contributed by atoms with E-state index >= 15 is 0 Å². The van der Waals surface area contributed by atoms with Crippen LogP contribution in [-0.2, 0) is 4.79 Å². The van der Waals surface area contributed by atoms with Crippen molar-refractivity contribution in [2.24, 2.45) is 5.10 Å². The Morgan fingerprint density at radius 1 is 1.17 bits per heavy atom. The number of benzene rings is 2. The molecule has 0 aliphatic heterocycles. The molecule has 0 fully saturated rings. The molecule has 3 rings (SSSR count). The van der Waals surface area contributed by atoms with Crippen LogP contribution < -0.4 is 10.2 Å². The van der Waals surface area contributed by atoms with Gasteiger partial charge in [0.05, 0.1) is 16.8 Å². The molecule has 1 aromatic heterocycles. The molecule has 0 bridgehead atoms. The monoisotopic (exact) mass is 392 g/mol. The summed E-state index contributed by atoms with van der Waals surface area (Å²) < 4.78 is 7.34. The Labute approximate surface area is 167 Å². The standard InChI is InChI=1S/C21H20N4O4/c1-15-5-3-7-20(16(15)2)29-14-21(26)23-22-13-19-6-4-12-24(19)17-8-10-18(11-9-17)25(27)28/h3-13H,14H2,1-2H3,(H,23,26). The molecule has 0 spiro atoms. The lowest BCUT2D eigenvalue weighted by atomic mass is 10.1. The molecule has 8 heteroatoms. The van der Waals surface area contributed by atoms with Crippen LogP contribution in [0.25, 0.3) is 5.69 Å². The number of carbonyl (C=O) groups is 1. The first kappa shape index (κ1) is 19.8. The quantitative estimate of drug-likeness (QED) is 0.378. The maximum atomic E-state index is 12.0. The van der Waals surface area contributed by atoms with Crippen LogP contribution in [-0.4, -0.2) is 28.2 Å². The minimum atomic E-state index is -0.447. The Kier molecular flexibility index (Phi) is 6.03. The van der Waals surface area contributed by atoms with Gasteiger partial charge in [-0.2, -0.15) is 5.10 Å². The molecule has 1 heterocycles. The van der Waals surface area contributed by atoms with E-state index in [0.717, 1.165) is 16.8 Å². The van der Waals surface area contributed by atoms with Gasteiger partial charge in [0, 0.05) is 24.0 Å². The second-order valence-corrected chi connectivity index (χ2v) is 6.36. The zero-order valence-electron chi connectivity index (χ0n) is 16.0. The zero-order valence-corrected chi connectivity index (χ0v) is 16.0. The first-order chi connectivity index (χ1) is 14.0. The number of carbonyl (C=O) groups excluding carboxylic acids is 1. The summed E-state index contributed by atoms with van der Waals surface area (Å²) >= 11 is 0. The second kappa shape index (κ2) is 8.83. The summed E-state index contributed by atoms with van der Waals surface area (Å²) in [6.07, 6.45) is 3.30. The Bertz CT molecular complexity index is 1050. The topological polar surface area (TPSA) is 98.8 Å². The molecule has 0 aliphatic rings. The smallest absolute Gasteiger partial charge is 0.277 e. The van der Waals surface area contributed by atoms with Crippen molar-refractivity contribution in [2.45, 2.75) is 13.8 Å². The van der Waals surface area contributed by atoms with Crippen molar-refractivity contribution in [3.8, 4) is 11.4 Å². The highest BCUT2D eigenvalue weighted by atomic mass is 16.6. The maximum Gasteiger partial charge on any atom is 0.277 e. The van der Waals surface area contributed by atoms with Gasteiger partial charge in [-0.1, -0.05) is 12.1 Å². The first-order valence-electron chi connectivity index (χ1n) is 8.89. The highest BCUT2D eigenvalue weighted by Gasteiger charge is 2.07. The number of nitrogens with one attached hydrogen (secondary N) is 1. The van der Waals surface area contributed by atoms with Gasteiger partial charge in [0.25, 0.3) is 11.6 Å². The molecule has 29 heavy (non-hydrogen) atoms.